The summed E-state index contributed by atoms with van der Waals surface area (Å²) in [5.74, 6) is 0.862. The van der Waals surface area contributed by atoms with Crippen LogP contribution < -0.4 is 10.1 Å². The summed E-state index contributed by atoms with van der Waals surface area (Å²) in [6.45, 7) is 1.86. The van der Waals surface area contributed by atoms with E-state index in [9.17, 15) is 16.8 Å². The highest BCUT2D eigenvalue weighted by atomic mass is 32.2. The van der Waals surface area contributed by atoms with Crippen LogP contribution >= 0.6 is 0 Å². The number of aromatic nitrogens is 4. The molecule has 0 bridgehead atoms. The predicted octanol–water partition coefficient (Wildman–Crippen LogP) is 4.14. The smallest absolute Gasteiger partial charge is 0.269 e. The lowest BCUT2D eigenvalue weighted by Gasteiger charge is -2.12. The quantitative estimate of drug-likeness (QED) is 0.189. The van der Waals surface area contributed by atoms with Crippen molar-refractivity contribution in [3.05, 3.63) is 90.9 Å². The Morgan fingerprint density at radius 2 is 1.70 bits per heavy atom. The number of rotatable bonds is 10. The molecule has 2 aromatic carbocycles. The van der Waals surface area contributed by atoms with Crippen molar-refractivity contribution in [2.24, 2.45) is 0 Å². The number of aryl methyl sites for hydroxylation is 1. The molecule has 0 unspecified atom stereocenters. The number of ether oxygens (including phenoxy) is 1. The average molecular weight is 580 g/mol. The van der Waals surface area contributed by atoms with Crippen molar-refractivity contribution in [2.75, 3.05) is 24.8 Å². The van der Waals surface area contributed by atoms with Gasteiger partial charge in [-0.05, 0) is 61.0 Å². The van der Waals surface area contributed by atoms with E-state index < -0.39 is 20.1 Å². The van der Waals surface area contributed by atoms with Crippen LogP contribution in [-0.4, -0.2) is 55.2 Å². The van der Waals surface area contributed by atoms with Gasteiger partial charge in [0.15, 0.2) is 5.65 Å². The van der Waals surface area contributed by atoms with Crippen molar-refractivity contribution in [2.45, 2.75) is 11.8 Å². The molecular weight excluding hydrogens is 554 g/mol. The maximum atomic E-state index is 13.4. The van der Waals surface area contributed by atoms with Crippen LogP contribution in [0.1, 0.15) is 5.56 Å². The Balaban J connectivity index is 1.41. The van der Waals surface area contributed by atoms with Gasteiger partial charge in [0.2, 0.25) is 5.95 Å². The van der Waals surface area contributed by atoms with Crippen molar-refractivity contribution in [1.82, 2.24) is 18.9 Å². The molecule has 11 nitrogen and oxygen atoms in total. The first-order valence-electron chi connectivity index (χ1n) is 12.1. The summed E-state index contributed by atoms with van der Waals surface area (Å²) >= 11 is 0. The lowest BCUT2D eigenvalue weighted by atomic mass is 10.1. The molecule has 0 atom stereocenters. The standard InChI is InChI=1S/C27H25N5O6S2/c1-19-17-20(37-15-16-38-39(2,33)34)10-11-24(19)30-27-29-14-12-25(31-27)23-18-32(26-22(23)9-6-13-28-26)40(35,36)21-7-4-3-5-8-21/h3-14,17-18H,15-16H2,1-2H3,(H,29,30,31). The number of nitrogens with zero attached hydrogens (tertiary/aromatic N) is 4. The SMILES string of the molecule is Cc1cc(OCCOS(C)(=O)=O)ccc1Nc1nccc(-c2cn(S(=O)(=O)c3ccccc3)c3ncccc23)n1. The van der Waals surface area contributed by atoms with Gasteiger partial charge < -0.3 is 10.1 Å². The molecule has 40 heavy (non-hydrogen) atoms. The molecule has 5 aromatic rings. The second-order valence-corrected chi connectivity index (χ2v) is 12.2. The molecule has 0 aliphatic carbocycles. The third kappa shape index (κ3) is 5.96. The highest BCUT2D eigenvalue weighted by molar-refractivity contribution is 7.90. The number of benzene rings is 2. The van der Waals surface area contributed by atoms with Crippen molar-refractivity contribution >= 4 is 42.8 Å². The fraction of sp³-hybridized carbons (Fsp3) is 0.148. The van der Waals surface area contributed by atoms with Crippen LogP contribution in [0.2, 0.25) is 0 Å². The Morgan fingerprint density at radius 3 is 2.45 bits per heavy atom. The number of nitrogens with one attached hydrogen (secondary N) is 1. The van der Waals surface area contributed by atoms with E-state index >= 15 is 0 Å². The molecule has 0 spiro atoms. The number of fused-ring (bicyclic) bond motifs is 1. The molecule has 13 heteroatoms. The van der Waals surface area contributed by atoms with Gasteiger partial charge in [0.25, 0.3) is 20.1 Å². The normalized spacial score (nSPS) is 11.9. The monoisotopic (exact) mass is 579 g/mol. The van der Waals surface area contributed by atoms with Gasteiger partial charge in [-0.3, -0.25) is 4.18 Å². The van der Waals surface area contributed by atoms with Gasteiger partial charge >= 0.3 is 0 Å². The van der Waals surface area contributed by atoms with E-state index in [0.29, 0.717) is 34.0 Å². The summed E-state index contributed by atoms with van der Waals surface area (Å²) < 4.78 is 60.4. The second-order valence-electron chi connectivity index (χ2n) is 8.77. The van der Waals surface area contributed by atoms with Gasteiger partial charge in [0.1, 0.15) is 19.0 Å². The molecule has 0 aliphatic rings. The summed E-state index contributed by atoms with van der Waals surface area (Å²) in [7, 11) is -7.41. The highest BCUT2D eigenvalue weighted by Gasteiger charge is 2.23. The molecule has 0 amide bonds. The van der Waals surface area contributed by atoms with Gasteiger partial charge in [0, 0.05) is 35.2 Å². The Kier molecular flexibility index (Phi) is 7.52. The van der Waals surface area contributed by atoms with Gasteiger partial charge in [-0.25, -0.2) is 27.3 Å². The van der Waals surface area contributed by atoms with Crippen molar-refractivity contribution in [3.63, 3.8) is 0 Å². The predicted molar refractivity (Wildman–Crippen MR) is 151 cm³/mol. The minimum Gasteiger partial charge on any atom is -0.491 e. The van der Waals surface area contributed by atoms with Crippen molar-refractivity contribution in [1.29, 1.82) is 0 Å². The third-order valence-electron chi connectivity index (χ3n) is 5.86. The number of hydrogen-bond acceptors (Lipinski definition) is 10. The molecule has 1 N–H and O–H groups in total. The van der Waals surface area contributed by atoms with Gasteiger partial charge in [-0.1, -0.05) is 18.2 Å². The lowest BCUT2D eigenvalue weighted by molar-refractivity contribution is 0.222. The number of anilines is 2. The maximum absolute atomic E-state index is 13.4. The summed E-state index contributed by atoms with van der Waals surface area (Å²) in [6.07, 6.45) is 5.64. The minimum absolute atomic E-state index is 0.0763. The summed E-state index contributed by atoms with van der Waals surface area (Å²) in [5, 5.41) is 3.81. The zero-order valence-electron chi connectivity index (χ0n) is 21.6. The summed E-state index contributed by atoms with van der Waals surface area (Å²) in [4.78, 5) is 13.5. The minimum atomic E-state index is -3.89. The van der Waals surface area contributed by atoms with E-state index in [1.165, 1.54) is 10.2 Å². The van der Waals surface area contributed by atoms with Gasteiger partial charge in [-0.15, -0.1) is 0 Å². The van der Waals surface area contributed by atoms with Gasteiger partial charge in [0.05, 0.1) is 16.8 Å². The molecule has 5 rings (SSSR count). The van der Waals surface area contributed by atoms with E-state index in [4.69, 9.17) is 4.74 Å². The lowest BCUT2D eigenvalue weighted by Crippen LogP contribution is -2.12. The Morgan fingerprint density at radius 1 is 0.900 bits per heavy atom. The van der Waals surface area contributed by atoms with Crippen molar-refractivity contribution < 1.29 is 25.8 Å². The molecule has 3 heterocycles. The van der Waals surface area contributed by atoms with Crippen LogP contribution in [0.5, 0.6) is 5.75 Å². The van der Waals surface area contributed by atoms with Crippen LogP contribution in [0.15, 0.2) is 90.2 Å². The fourth-order valence-electron chi connectivity index (χ4n) is 4.02. The van der Waals surface area contributed by atoms with Crippen LogP contribution in [0.3, 0.4) is 0 Å². The summed E-state index contributed by atoms with van der Waals surface area (Å²) in [5.41, 5.74) is 2.96. The fourth-order valence-corrected chi connectivity index (χ4v) is 5.74. The largest absolute Gasteiger partial charge is 0.491 e. The van der Waals surface area contributed by atoms with Gasteiger partial charge in [-0.2, -0.15) is 8.42 Å². The first-order chi connectivity index (χ1) is 19.1. The molecule has 0 radical (unpaired) electrons. The highest BCUT2D eigenvalue weighted by Crippen LogP contribution is 2.32. The number of hydrogen-bond donors (Lipinski definition) is 1. The van der Waals surface area contributed by atoms with E-state index in [1.54, 1.807) is 79.1 Å². The molecule has 0 fully saturated rings. The van der Waals surface area contributed by atoms with E-state index in [2.05, 4.69) is 24.5 Å². The second kappa shape index (κ2) is 11.0. The zero-order valence-corrected chi connectivity index (χ0v) is 23.2. The average Bonchev–Trinajstić information content (AvgIpc) is 3.33. The van der Waals surface area contributed by atoms with Crippen molar-refractivity contribution in [3.8, 4) is 17.0 Å². The molecule has 0 saturated carbocycles. The molecule has 3 aromatic heterocycles. The van der Waals surface area contributed by atoms with Crippen LogP contribution in [0, 0.1) is 6.92 Å². The first-order valence-corrected chi connectivity index (χ1v) is 15.3. The summed E-state index contributed by atoms with van der Waals surface area (Å²) in [6, 6.07) is 18.7. The van der Waals surface area contributed by atoms with E-state index in [1.807, 2.05) is 6.92 Å². The molecule has 0 saturated heterocycles. The van der Waals surface area contributed by atoms with E-state index in [-0.39, 0.29) is 18.1 Å². The van der Waals surface area contributed by atoms with E-state index in [0.717, 1.165) is 17.5 Å². The van der Waals surface area contributed by atoms with Crippen LogP contribution in [-0.2, 0) is 24.3 Å². The third-order valence-corrected chi connectivity index (χ3v) is 8.12. The topological polar surface area (TPSA) is 142 Å². The molecule has 0 aliphatic heterocycles. The Bertz CT molecular complexity index is 1890. The molecule has 206 valence electrons. The number of pyridine rings is 1. The van der Waals surface area contributed by atoms with Crippen LogP contribution in [0.4, 0.5) is 11.6 Å². The zero-order chi connectivity index (χ0) is 28.3. The maximum Gasteiger partial charge on any atom is 0.269 e. The molecular formula is C27H25N5O6S2. The van der Waals surface area contributed by atoms with Crippen LogP contribution in [0.25, 0.3) is 22.3 Å². The Hall–Kier alpha value is -4.33. The Labute approximate surface area is 231 Å². The first kappa shape index (κ1) is 27.2.